The predicted molar refractivity (Wildman–Crippen MR) is 144 cm³/mol. The van der Waals surface area contributed by atoms with E-state index in [1.165, 1.54) is 0 Å². The first-order chi connectivity index (χ1) is 18.6. The molecule has 38 heavy (non-hydrogen) atoms. The number of H-pyrrole nitrogens is 1. The van der Waals surface area contributed by atoms with Crippen molar-refractivity contribution in [1.82, 2.24) is 20.4 Å². The van der Waals surface area contributed by atoms with Gasteiger partial charge in [0.15, 0.2) is 5.69 Å². The van der Waals surface area contributed by atoms with Crippen LogP contribution in [0.1, 0.15) is 65.0 Å². The smallest absolute Gasteiger partial charge is 0.273 e. The summed E-state index contributed by atoms with van der Waals surface area (Å²) in [6.45, 7) is 1.22. The summed E-state index contributed by atoms with van der Waals surface area (Å²) < 4.78 is 5.40. The van der Waals surface area contributed by atoms with Crippen LogP contribution in [0.2, 0.25) is 0 Å². The maximum atomic E-state index is 13.2. The number of piperidine rings is 1. The standard InChI is InChI=1S/C30H33N5O3/c31-24(16-22-18-32-25-9-5-4-8-23(22)25)30(37)35-14-12-21(13-15-35)28(20-6-2-1-3-7-20)33-29(36)26-17-27(38-34-26)19-10-11-19/h1-9,17-19,21,24,28,32H,10-16,31H2,(H,33,36)/t24-,28?/m0/s1. The van der Waals surface area contributed by atoms with Gasteiger partial charge in [-0.3, -0.25) is 9.59 Å². The molecule has 1 unspecified atom stereocenters. The minimum Gasteiger partial charge on any atom is -0.361 e. The lowest BCUT2D eigenvalue weighted by Gasteiger charge is -2.37. The van der Waals surface area contributed by atoms with Crippen LogP contribution in [0.15, 0.2) is 71.4 Å². The Morgan fingerprint density at radius 3 is 2.55 bits per heavy atom. The number of nitrogens with zero attached hydrogens (tertiary/aromatic N) is 2. The van der Waals surface area contributed by atoms with E-state index in [0.29, 0.717) is 31.1 Å². The number of nitrogens with one attached hydrogen (secondary N) is 2. The summed E-state index contributed by atoms with van der Waals surface area (Å²) >= 11 is 0. The number of para-hydroxylation sites is 1. The van der Waals surface area contributed by atoms with E-state index in [2.05, 4.69) is 15.5 Å². The number of carbonyl (C=O) groups is 2. The van der Waals surface area contributed by atoms with Gasteiger partial charge in [0.05, 0.1) is 12.1 Å². The Labute approximate surface area is 221 Å². The normalized spacial score (nSPS) is 17.9. The first-order valence-corrected chi connectivity index (χ1v) is 13.5. The summed E-state index contributed by atoms with van der Waals surface area (Å²) in [6.07, 6.45) is 6.16. The number of fused-ring (bicyclic) bond motifs is 1. The van der Waals surface area contributed by atoms with E-state index in [1.54, 1.807) is 6.07 Å². The second-order valence-corrected chi connectivity index (χ2v) is 10.6. The molecule has 1 aliphatic carbocycles. The number of amides is 2. The molecule has 8 nitrogen and oxygen atoms in total. The largest absolute Gasteiger partial charge is 0.361 e. The molecule has 0 spiro atoms. The Kier molecular flexibility index (Phi) is 6.72. The van der Waals surface area contributed by atoms with Crippen LogP contribution in [-0.2, 0) is 11.2 Å². The van der Waals surface area contributed by atoms with Gasteiger partial charge < -0.3 is 25.5 Å². The molecule has 6 rings (SSSR count). The Balaban J connectivity index is 1.10. The number of rotatable bonds is 8. The van der Waals surface area contributed by atoms with Crippen LogP contribution in [0.5, 0.6) is 0 Å². The van der Waals surface area contributed by atoms with Crippen LogP contribution in [0, 0.1) is 5.92 Å². The van der Waals surface area contributed by atoms with E-state index in [-0.39, 0.29) is 23.8 Å². The lowest BCUT2D eigenvalue weighted by molar-refractivity contribution is -0.134. The van der Waals surface area contributed by atoms with Crippen LogP contribution < -0.4 is 11.1 Å². The zero-order chi connectivity index (χ0) is 26.1. The van der Waals surface area contributed by atoms with Gasteiger partial charge in [-0.15, -0.1) is 0 Å². The molecule has 2 aromatic heterocycles. The lowest BCUT2D eigenvalue weighted by Crippen LogP contribution is -2.49. The zero-order valence-electron chi connectivity index (χ0n) is 21.3. The highest BCUT2D eigenvalue weighted by atomic mass is 16.5. The van der Waals surface area contributed by atoms with Crippen LogP contribution in [0.25, 0.3) is 10.9 Å². The van der Waals surface area contributed by atoms with Gasteiger partial charge in [0.25, 0.3) is 5.91 Å². The maximum Gasteiger partial charge on any atom is 0.273 e. The molecule has 3 heterocycles. The van der Waals surface area contributed by atoms with E-state index >= 15 is 0 Å². The average Bonchev–Trinajstić information content (AvgIpc) is 3.55. The van der Waals surface area contributed by atoms with Crippen molar-refractivity contribution in [3.8, 4) is 0 Å². The van der Waals surface area contributed by atoms with E-state index in [1.807, 2.05) is 65.7 Å². The Bertz CT molecular complexity index is 1420. The van der Waals surface area contributed by atoms with Crippen LogP contribution >= 0.6 is 0 Å². The summed E-state index contributed by atoms with van der Waals surface area (Å²) in [6, 6.07) is 19.1. The summed E-state index contributed by atoms with van der Waals surface area (Å²) in [7, 11) is 0. The molecular weight excluding hydrogens is 478 g/mol. The highest BCUT2D eigenvalue weighted by Crippen LogP contribution is 2.40. The number of aromatic nitrogens is 2. The summed E-state index contributed by atoms with van der Waals surface area (Å²) in [5, 5.41) is 8.33. The fourth-order valence-corrected chi connectivity index (χ4v) is 5.62. The Morgan fingerprint density at radius 2 is 1.79 bits per heavy atom. The third-order valence-electron chi connectivity index (χ3n) is 7.94. The maximum absolute atomic E-state index is 13.2. The Morgan fingerprint density at radius 1 is 1.05 bits per heavy atom. The summed E-state index contributed by atoms with van der Waals surface area (Å²) in [4.78, 5) is 31.5. The van der Waals surface area contributed by atoms with Gasteiger partial charge in [-0.2, -0.15) is 0 Å². The van der Waals surface area contributed by atoms with Crippen molar-refractivity contribution in [2.75, 3.05) is 13.1 Å². The second kappa shape index (κ2) is 10.5. The number of aromatic amines is 1. The molecule has 1 saturated carbocycles. The molecule has 8 heteroatoms. The molecule has 1 saturated heterocycles. The molecule has 2 aromatic carbocycles. The van der Waals surface area contributed by atoms with Crippen molar-refractivity contribution < 1.29 is 14.1 Å². The number of carbonyl (C=O) groups excluding carboxylic acids is 2. The van der Waals surface area contributed by atoms with Crippen molar-refractivity contribution >= 4 is 22.7 Å². The predicted octanol–water partition coefficient (Wildman–Crippen LogP) is 4.31. The number of nitrogens with two attached hydrogens (primary N) is 1. The first-order valence-electron chi connectivity index (χ1n) is 13.5. The Hall–Kier alpha value is -3.91. The van der Waals surface area contributed by atoms with Gasteiger partial charge in [-0.25, -0.2) is 0 Å². The molecule has 2 atom stereocenters. The third-order valence-corrected chi connectivity index (χ3v) is 7.94. The number of benzene rings is 2. The van der Waals surface area contributed by atoms with Crippen LogP contribution in [-0.4, -0.2) is 46.0 Å². The zero-order valence-corrected chi connectivity index (χ0v) is 21.3. The number of likely N-dealkylation sites (tertiary alicyclic amines) is 1. The SMILES string of the molecule is N[C@@H](Cc1c[nH]c2ccccc12)C(=O)N1CCC(C(NC(=O)c2cc(C3CC3)on2)c2ccccc2)CC1. The van der Waals surface area contributed by atoms with Crippen molar-refractivity contribution in [2.24, 2.45) is 11.7 Å². The average molecular weight is 512 g/mol. The first kappa shape index (κ1) is 24.4. The molecule has 2 amide bonds. The molecule has 0 bridgehead atoms. The minimum atomic E-state index is -0.594. The van der Waals surface area contributed by atoms with Gasteiger partial charge in [0.2, 0.25) is 5.91 Å². The van der Waals surface area contributed by atoms with Gasteiger partial charge in [-0.1, -0.05) is 53.7 Å². The fourth-order valence-electron chi connectivity index (χ4n) is 5.62. The highest BCUT2D eigenvalue weighted by Gasteiger charge is 2.33. The van der Waals surface area contributed by atoms with Crippen molar-refractivity contribution in [2.45, 2.75) is 50.1 Å². The van der Waals surface area contributed by atoms with Crippen LogP contribution in [0.3, 0.4) is 0 Å². The van der Waals surface area contributed by atoms with Crippen molar-refractivity contribution in [3.05, 3.63) is 89.4 Å². The van der Waals surface area contributed by atoms with Gasteiger partial charge >= 0.3 is 0 Å². The summed E-state index contributed by atoms with van der Waals surface area (Å²) in [5.41, 5.74) is 9.87. The molecule has 0 radical (unpaired) electrons. The second-order valence-electron chi connectivity index (χ2n) is 10.6. The van der Waals surface area contributed by atoms with Gasteiger partial charge in [0.1, 0.15) is 5.76 Å². The van der Waals surface area contributed by atoms with E-state index in [0.717, 1.165) is 53.5 Å². The van der Waals surface area contributed by atoms with E-state index in [4.69, 9.17) is 10.3 Å². The molecule has 4 aromatic rings. The molecule has 4 N–H and O–H groups in total. The quantitative estimate of drug-likeness (QED) is 0.326. The monoisotopic (exact) mass is 511 g/mol. The summed E-state index contributed by atoms with van der Waals surface area (Å²) in [5.74, 6) is 1.13. The van der Waals surface area contributed by atoms with E-state index in [9.17, 15) is 9.59 Å². The highest BCUT2D eigenvalue weighted by molar-refractivity contribution is 5.92. The topological polar surface area (TPSA) is 117 Å². The van der Waals surface area contributed by atoms with Gasteiger partial charge in [-0.05, 0) is 55.2 Å². The molecule has 2 aliphatic rings. The van der Waals surface area contributed by atoms with Crippen LogP contribution in [0.4, 0.5) is 0 Å². The lowest BCUT2D eigenvalue weighted by atomic mass is 9.85. The number of hydrogen-bond acceptors (Lipinski definition) is 5. The third kappa shape index (κ3) is 5.09. The molecular formula is C30H33N5O3. The van der Waals surface area contributed by atoms with Gasteiger partial charge in [0, 0.05) is 42.2 Å². The molecule has 2 fully saturated rings. The fraction of sp³-hybridized carbons (Fsp3) is 0.367. The molecule has 1 aliphatic heterocycles. The van der Waals surface area contributed by atoms with Crippen molar-refractivity contribution in [3.63, 3.8) is 0 Å². The van der Waals surface area contributed by atoms with E-state index < -0.39 is 6.04 Å². The minimum absolute atomic E-state index is 0.0239. The number of hydrogen-bond donors (Lipinski definition) is 3. The van der Waals surface area contributed by atoms with Crippen molar-refractivity contribution in [1.29, 1.82) is 0 Å². The molecule has 196 valence electrons.